The van der Waals surface area contributed by atoms with Crippen LogP contribution in [0, 0.1) is 5.92 Å². The van der Waals surface area contributed by atoms with Gasteiger partial charge in [-0.05, 0) is 43.0 Å². The van der Waals surface area contributed by atoms with Crippen molar-refractivity contribution in [1.82, 2.24) is 19.4 Å². The Bertz CT molecular complexity index is 1060. The number of hydrogen-bond acceptors (Lipinski definition) is 4. The monoisotopic (exact) mass is 405 g/mol. The largest absolute Gasteiger partial charge is 0.338 e. The zero-order chi connectivity index (χ0) is 21.1. The van der Waals surface area contributed by atoms with Crippen molar-refractivity contribution in [2.24, 2.45) is 5.92 Å². The molecule has 7 nitrogen and oxygen atoms in total. The van der Waals surface area contributed by atoms with Crippen LogP contribution in [0.15, 0.2) is 42.9 Å². The van der Waals surface area contributed by atoms with Gasteiger partial charge in [-0.25, -0.2) is 4.98 Å². The molecule has 1 atom stereocenters. The van der Waals surface area contributed by atoms with E-state index < -0.39 is 0 Å². The number of likely N-dealkylation sites (tertiary alicyclic amines) is 1. The topological polar surface area (TPSA) is 80.1 Å². The molecule has 0 bridgehead atoms. The molecule has 2 amide bonds. The molecule has 4 rings (SSSR count). The first-order valence-electron chi connectivity index (χ1n) is 10.5. The van der Waals surface area contributed by atoms with Gasteiger partial charge in [0.2, 0.25) is 5.91 Å². The molecule has 30 heavy (non-hydrogen) atoms. The van der Waals surface area contributed by atoms with Crippen LogP contribution in [0.5, 0.6) is 0 Å². The Balaban J connectivity index is 1.66. The predicted octanol–water partition coefficient (Wildman–Crippen LogP) is 3.50. The third-order valence-electron chi connectivity index (χ3n) is 5.55. The zero-order valence-electron chi connectivity index (χ0n) is 17.5. The SMILES string of the molecule is CC(=O)Nc1cc(C(=O)N2CCC[C@@H](C)C2)cc2ncn(CCc3ccccn3)c12. The Morgan fingerprint density at radius 2 is 2.10 bits per heavy atom. The highest BCUT2D eigenvalue weighted by Gasteiger charge is 2.24. The van der Waals surface area contributed by atoms with Crippen molar-refractivity contribution in [1.29, 1.82) is 0 Å². The van der Waals surface area contributed by atoms with Gasteiger partial charge in [0.05, 0.1) is 23.0 Å². The molecule has 1 N–H and O–H groups in total. The van der Waals surface area contributed by atoms with Gasteiger partial charge in [-0.3, -0.25) is 14.6 Å². The van der Waals surface area contributed by atoms with Gasteiger partial charge >= 0.3 is 0 Å². The molecule has 0 saturated carbocycles. The fourth-order valence-corrected chi connectivity index (χ4v) is 4.12. The lowest BCUT2D eigenvalue weighted by Gasteiger charge is -2.31. The second-order valence-electron chi connectivity index (χ2n) is 8.08. The number of carbonyl (C=O) groups is 2. The average Bonchev–Trinajstić information content (AvgIpc) is 3.15. The van der Waals surface area contributed by atoms with E-state index in [1.807, 2.05) is 33.7 Å². The second kappa shape index (κ2) is 8.65. The number of imidazole rings is 1. The molecule has 0 aliphatic carbocycles. The number of aryl methyl sites for hydroxylation is 2. The zero-order valence-corrected chi connectivity index (χ0v) is 17.5. The van der Waals surface area contributed by atoms with Gasteiger partial charge in [-0.15, -0.1) is 0 Å². The third-order valence-corrected chi connectivity index (χ3v) is 5.55. The highest BCUT2D eigenvalue weighted by atomic mass is 16.2. The molecule has 1 aromatic carbocycles. The van der Waals surface area contributed by atoms with Crippen LogP contribution >= 0.6 is 0 Å². The Kier molecular flexibility index (Phi) is 5.79. The lowest BCUT2D eigenvalue weighted by molar-refractivity contribution is -0.114. The smallest absolute Gasteiger partial charge is 0.254 e. The van der Waals surface area contributed by atoms with E-state index >= 15 is 0 Å². The van der Waals surface area contributed by atoms with E-state index in [9.17, 15) is 9.59 Å². The predicted molar refractivity (Wildman–Crippen MR) is 116 cm³/mol. The number of amides is 2. The summed E-state index contributed by atoms with van der Waals surface area (Å²) in [6, 6.07) is 9.47. The Hall–Kier alpha value is -3.22. The minimum Gasteiger partial charge on any atom is -0.338 e. The van der Waals surface area contributed by atoms with Crippen molar-refractivity contribution >= 4 is 28.5 Å². The second-order valence-corrected chi connectivity index (χ2v) is 8.08. The first kappa shape index (κ1) is 20.1. The quantitative estimate of drug-likeness (QED) is 0.704. The summed E-state index contributed by atoms with van der Waals surface area (Å²) >= 11 is 0. The molecule has 1 aliphatic heterocycles. The van der Waals surface area contributed by atoms with Gasteiger partial charge < -0.3 is 14.8 Å². The van der Waals surface area contributed by atoms with Crippen LogP contribution in [0.1, 0.15) is 42.7 Å². The van der Waals surface area contributed by atoms with E-state index in [-0.39, 0.29) is 11.8 Å². The van der Waals surface area contributed by atoms with Crippen molar-refractivity contribution in [2.75, 3.05) is 18.4 Å². The number of piperidine rings is 1. The van der Waals surface area contributed by atoms with E-state index in [4.69, 9.17) is 0 Å². The highest BCUT2D eigenvalue weighted by molar-refractivity contribution is 6.05. The van der Waals surface area contributed by atoms with Gasteiger partial charge in [0.1, 0.15) is 0 Å². The van der Waals surface area contributed by atoms with Crippen molar-refractivity contribution in [2.45, 2.75) is 39.7 Å². The van der Waals surface area contributed by atoms with Crippen molar-refractivity contribution in [3.63, 3.8) is 0 Å². The molecule has 156 valence electrons. The van der Waals surface area contributed by atoms with Crippen LogP contribution in [0.3, 0.4) is 0 Å². The molecular formula is C23H27N5O2. The van der Waals surface area contributed by atoms with E-state index in [2.05, 4.69) is 22.2 Å². The van der Waals surface area contributed by atoms with Gasteiger partial charge in [-0.2, -0.15) is 0 Å². The lowest BCUT2D eigenvalue weighted by Crippen LogP contribution is -2.39. The molecular weight excluding hydrogens is 378 g/mol. The molecule has 1 saturated heterocycles. The van der Waals surface area contributed by atoms with E-state index in [0.717, 1.165) is 43.6 Å². The normalized spacial score (nSPS) is 16.6. The van der Waals surface area contributed by atoms with Gasteiger partial charge in [0.15, 0.2) is 0 Å². The lowest BCUT2D eigenvalue weighted by atomic mass is 9.99. The molecule has 0 radical (unpaired) electrons. The van der Waals surface area contributed by atoms with Crippen LogP contribution < -0.4 is 5.32 Å². The summed E-state index contributed by atoms with van der Waals surface area (Å²) in [5.74, 6) is 0.329. The number of nitrogens with one attached hydrogen (secondary N) is 1. The average molecular weight is 406 g/mol. The molecule has 2 aromatic heterocycles. The minimum absolute atomic E-state index is 0.00177. The molecule has 3 heterocycles. The summed E-state index contributed by atoms with van der Waals surface area (Å²) < 4.78 is 2.01. The van der Waals surface area contributed by atoms with Crippen molar-refractivity contribution in [3.05, 3.63) is 54.1 Å². The van der Waals surface area contributed by atoms with Crippen LogP contribution in [0.2, 0.25) is 0 Å². The summed E-state index contributed by atoms with van der Waals surface area (Å²) in [6.45, 7) is 5.87. The number of fused-ring (bicyclic) bond motifs is 1. The van der Waals surface area contributed by atoms with Crippen LogP contribution in [-0.4, -0.2) is 44.3 Å². The Morgan fingerprint density at radius 1 is 1.23 bits per heavy atom. The summed E-state index contributed by atoms with van der Waals surface area (Å²) in [4.78, 5) is 35.8. The molecule has 1 fully saturated rings. The van der Waals surface area contributed by atoms with Crippen molar-refractivity contribution < 1.29 is 9.59 Å². The standard InChI is InChI=1S/C23H27N5O2/c1-16-6-5-10-27(14-16)23(30)18-12-20-22(21(13-18)26-17(2)29)28(15-25-20)11-8-19-7-3-4-9-24-19/h3-4,7,9,12-13,15-16H,5-6,8,10-11,14H2,1-2H3,(H,26,29)/t16-/m1/s1. The fourth-order valence-electron chi connectivity index (χ4n) is 4.12. The van der Waals surface area contributed by atoms with E-state index in [0.29, 0.717) is 29.2 Å². The molecule has 0 unspecified atom stereocenters. The number of nitrogens with zero attached hydrogens (tertiary/aromatic N) is 4. The van der Waals surface area contributed by atoms with E-state index in [1.165, 1.54) is 6.92 Å². The number of anilines is 1. The van der Waals surface area contributed by atoms with Crippen LogP contribution in [0.25, 0.3) is 11.0 Å². The first-order chi connectivity index (χ1) is 14.5. The minimum atomic E-state index is -0.176. The van der Waals surface area contributed by atoms with E-state index in [1.54, 1.807) is 18.6 Å². The maximum absolute atomic E-state index is 13.1. The number of aromatic nitrogens is 3. The molecule has 7 heteroatoms. The summed E-state index contributed by atoms with van der Waals surface area (Å²) in [6.07, 6.45) is 6.47. The van der Waals surface area contributed by atoms with Crippen LogP contribution in [0.4, 0.5) is 5.69 Å². The summed E-state index contributed by atoms with van der Waals surface area (Å²) in [5, 5.41) is 2.89. The van der Waals surface area contributed by atoms with Crippen molar-refractivity contribution in [3.8, 4) is 0 Å². The van der Waals surface area contributed by atoms with Gasteiger partial charge in [0, 0.05) is 50.4 Å². The third kappa shape index (κ3) is 4.35. The number of benzene rings is 1. The maximum atomic E-state index is 13.1. The van der Waals surface area contributed by atoms with Gasteiger partial charge in [-0.1, -0.05) is 13.0 Å². The van der Waals surface area contributed by atoms with Gasteiger partial charge in [0.25, 0.3) is 5.91 Å². The number of hydrogen-bond donors (Lipinski definition) is 1. The Morgan fingerprint density at radius 3 is 2.83 bits per heavy atom. The fraction of sp³-hybridized carbons (Fsp3) is 0.391. The first-order valence-corrected chi connectivity index (χ1v) is 10.5. The van der Waals surface area contributed by atoms with Crippen LogP contribution in [-0.2, 0) is 17.8 Å². The summed E-state index contributed by atoms with van der Waals surface area (Å²) in [7, 11) is 0. The molecule has 3 aromatic rings. The molecule has 1 aliphatic rings. The number of carbonyl (C=O) groups excluding carboxylic acids is 2. The number of rotatable bonds is 5. The summed E-state index contributed by atoms with van der Waals surface area (Å²) in [5.41, 5.74) is 3.70. The molecule has 0 spiro atoms. The maximum Gasteiger partial charge on any atom is 0.254 e. The Labute approximate surface area is 176 Å². The highest BCUT2D eigenvalue weighted by Crippen LogP contribution is 2.27. The number of pyridine rings is 1.